The molecule has 0 fully saturated rings. The molecule has 0 aliphatic heterocycles. The molecule has 0 unspecified atom stereocenters. The first-order chi connectivity index (χ1) is 18.8. The van der Waals surface area contributed by atoms with Crippen LogP contribution in [0.1, 0.15) is 47.6 Å². The standard InChI is InChI=1S/C20H21.C17H15.2CH3.Si.Zr/c1-13(2)17-11-16-9-6-10-18(19(16)12-17)20-14(3)7-5-8-15(20)4;1-12-10-16-13(2)8-9-15(17(16)11-12)14-6-4-3-5-7-14;;;;/h5-13H,1-4H3;3-11H,1-2H3;2*1H3;;/q4*-1;;. The van der Waals surface area contributed by atoms with Gasteiger partial charge in [0.05, 0.1) is 0 Å². The summed E-state index contributed by atoms with van der Waals surface area (Å²) in [7, 11) is 0. The first kappa shape index (κ1) is 34.4. The normalized spacial score (nSPS) is 10.2. The average Bonchev–Trinajstić information content (AvgIpc) is 3.56. The van der Waals surface area contributed by atoms with Crippen LogP contribution in [-0.4, -0.2) is 6.88 Å². The summed E-state index contributed by atoms with van der Waals surface area (Å²) in [6, 6.07) is 37.5. The van der Waals surface area contributed by atoms with Crippen molar-refractivity contribution in [2.45, 2.75) is 47.5 Å². The van der Waals surface area contributed by atoms with Gasteiger partial charge in [-0.25, -0.2) is 0 Å². The number of hydrogen-bond acceptors (Lipinski definition) is 0. The van der Waals surface area contributed by atoms with Gasteiger partial charge in [0.15, 0.2) is 0 Å². The van der Waals surface area contributed by atoms with E-state index in [1.54, 1.807) is 0 Å². The molecule has 41 heavy (non-hydrogen) atoms. The minimum atomic E-state index is 0. The Kier molecular flexibility index (Phi) is 13.0. The summed E-state index contributed by atoms with van der Waals surface area (Å²) >= 11 is 1.36. The van der Waals surface area contributed by atoms with Gasteiger partial charge in [0, 0.05) is 0 Å². The average molecular weight is 630 g/mol. The van der Waals surface area contributed by atoms with Gasteiger partial charge in [0.1, 0.15) is 0 Å². The van der Waals surface area contributed by atoms with Crippen LogP contribution in [0.2, 0.25) is 0 Å². The second-order valence-electron chi connectivity index (χ2n) is 10.7. The fraction of sp³-hybridized carbons (Fsp3) is 0.179. The van der Waals surface area contributed by atoms with E-state index in [1.807, 2.05) is 0 Å². The van der Waals surface area contributed by atoms with E-state index in [0.717, 1.165) is 0 Å². The predicted octanol–water partition coefficient (Wildman–Crippen LogP) is 11.3. The summed E-state index contributed by atoms with van der Waals surface area (Å²) < 4.78 is 0. The van der Waals surface area contributed by atoms with Gasteiger partial charge in [0.2, 0.25) is 0 Å². The van der Waals surface area contributed by atoms with Crippen LogP contribution >= 0.6 is 0 Å². The van der Waals surface area contributed by atoms with Crippen LogP contribution in [0.3, 0.4) is 0 Å². The van der Waals surface area contributed by atoms with E-state index in [1.165, 1.54) is 95.0 Å². The van der Waals surface area contributed by atoms with Crippen LogP contribution in [0, 0.1) is 42.5 Å². The zero-order valence-electron chi connectivity index (χ0n) is 25.9. The number of benzene rings is 4. The van der Waals surface area contributed by atoms with Gasteiger partial charge in [-0.15, -0.1) is 68.6 Å². The number of aryl methyl sites for hydroxylation is 4. The molecule has 210 valence electrons. The first-order valence-electron chi connectivity index (χ1n) is 13.6. The summed E-state index contributed by atoms with van der Waals surface area (Å²) in [5, 5.41) is 5.49. The molecule has 0 aliphatic rings. The molecule has 0 aromatic heterocycles. The fourth-order valence-corrected chi connectivity index (χ4v) is 5.51. The molecule has 0 saturated heterocycles. The zero-order chi connectivity index (χ0) is 28.1. The molecule has 0 atom stereocenters. The summed E-state index contributed by atoms with van der Waals surface area (Å²) in [4.78, 5) is 0. The molecule has 6 aromatic rings. The van der Waals surface area contributed by atoms with Crippen molar-refractivity contribution in [2.75, 3.05) is 0 Å². The molecule has 0 saturated carbocycles. The van der Waals surface area contributed by atoms with E-state index in [-0.39, 0.29) is 14.9 Å². The molecule has 6 aromatic carbocycles. The molecule has 0 spiro atoms. The molecule has 0 heterocycles. The Hall–Kier alpha value is -2.80. The molecule has 6 rings (SSSR count). The SMILES string of the molecule is Cc1cc2c(-c3ccccc3)ccc(C)c2[cH-]1.Cc1cccc(C)c1-c1cccc2[cH-]c(C(C)C)cc12.[CH3-].[CH3-].[Si]=[Zr]. The summed E-state index contributed by atoms with van der Waals surface area (Å²) in [6.07, 6.45) is 0. The third-order valence-electron chi connectivity index (χ3n) is 7.52. The molecule has 0 aliphatic carbocycles. The fourth-order valence-electron chi connectivity index (χ4n) is 5.51. The van der Waals surface area contributed by atoms with Crippen LogP contribution in [-0.2, 0) is 23.3 Å². The van der Waals surface area contributed by atoms with E-state index in [9.17, 15) is 0 Å². The van der Waals surface area contributed by atoms with E-state index in [4.69, 9.17) is 0 Å². The molecule has 0 N–H and O–H groups in total. The first-order valence-corrected chi connectivity index (χ1v) is 17.7. The molecular weight excluding hydrogens is 588 g/mol. The molecule has 0 bridgehead atoms. The summed E-state index contributed by atoms with van der Waals surface area (Å²) in [5.74, 6) is 0.577. The Morgan fingerprint density at radius 2 is 1.24 bits per heavy atom. The number of fused-ring (bicyclic) bond motifs is 2. The van der Waals surface area contributed by atoms with Crippen molar-refractivity contribution < 1.29 is 23.3 Å². The third-order valence-corrected chi connectivity index (χ3v) is 7.52. The maximum absolute atomic E-state index is 3.06. The van der Waals surface area contributed by atoms with Crippen LogP contribution in [0.25, 0.3) is 43.8 Å². The third kappa shape index (κ3) is 7.54. The van der Waals surface area contributed by atoms with Crippen LogP contribution in [0.5, 0.6) is 0 Å². The Balaban J connectivity index is 0.000000261. The van der Waals surface area contributed by atoms with Crippen molar-refractivity contribution in [2.24, 2.45) is 0 Å². The quantitative estimate of drug-likeness (QED) is 0.135. The van der Waals surface area contributed by atoms with E-state index >= 15 is 0 Å². The Morgan fingerprint density at radius 3 is 1.88 bits per heavy atom. The van der Waals surface area contributed by atoms with Crippen LogP contribution in [0.4, 0.5) is 0 Å². The van der Waals surface area contributed by atoms with Gasteiger partial charge >= 0.3 is 30.2 Å². The predicted molar refractivity (Wildman–Crippen MR) is 182 cm³/mol. The monoisotopic (exact) mass is 628 g/mol. The van der Waals surface area contributed by atoms with Crippen LogP contribution < -0.4 is 0 Å². The second kappa shape index (κ2) is 15.4. The van der Waals surface area contributed by atoms with E-state index in [0.29, 0.717) is 5.92 Å². The molecule has 2 radical (unpaired) electrons. The second-order valence-corrected chi connectivity index (χ2v) is 10.7. The molecule has 0 nitrogen and oxygen atoms in total. The Labute approximate surface area is 265 Å². The van der Waals surface area contributed by atoms with Crippen molar-refractivity contribution in [3.63, 3.8) is 0 Å². The molecular formula is C39H42SiZr-4. The van der Waals surface area contributed by atoms with Crippen molar-refractivity contribution in [1.29, 1.82) is 0 Å². The van der Waals surface area contributed by atoms with Crippen LogP contribution in [0.15, 0.2) is 103 Å². The van der Waals surface area contributed by atoms with Crippen molar-refractivity contribution in [1.82, 2.24) is 0 Å². The van der Waals surface area contributed by atoms with E-state index in [2.05, 4.69) is 152 Å². The minimum absolute atomic E-state index is 0. The van der Waals surface area contributed by atoms with Gasteiger partial charge in [-0.1, -0.05) is 99.5 Å². The van der Waals surface area contributed by atoms with E-state index < -0.39 is 0 Å². The van der Waals surface area contributed by atoms with Crippen molar-refractivity contribution >= 4 is 28.4 Å². The van der Waals surface area contributed by atoms with Crippen molar-refractivity contribution in [3.05, 3.63) is 146 Å². The number of hydrogen-bond donors (Lipinski definition) is 0. The molecule has 2 heteroatoms. The Morgan fingerprint density at radius 1 is 0.610 bits per heavy atom. The maximum atomic E-state index is 3.06. The zero-order valence-corrected chi connectivity index (χ0v) is 29.4. The van der Waals surface area contributed by atoms with Crippen molar-refractivity contribution in [3.8, 4) is 22.3 Å². The van der Waals surface area contributed by atoms with Gasteiger partial charge in [-0.2, -0.15) is 12.1 Å². The summed E-state index contributed by atoms with van der Waals surface area (Å²) in [6.45, 7) is 16.3. The summed E-state index contributed by atoms with van der Waals surface area (Å²) in [5.41, 5.74) is 12.2. The number of rotatable bonds is 3. The van der Waals surface area contributed by atoms with Gasteiger partial charge in [-0.3, -0.25) is 0 Å². The molecule has 0 amide bonds. The van der Waals surface area contributed by atoms with Gasteiger partial charge in [-0.05, 0) is 42.0 Å². The topological polar surface area (TPSA) is 0 Å². The Bertz CT molecular complexity index is 1680. The van der Waals surface area contributed by atoms with Gasteiger partial charge in [0.25, 0.3) is 0 Å². The van der Waals surface area contributed by atoms with Gasteiger partial charge < -0.3 is 14.9 Å².